The van der Waals surface area contributed by atoms with E-state index in [4.69, 9.17) is 5.73 Å². The zero-order valence-electron chi connectivity index (χ0n) is 11.1. The van der Waals surface area contributed by atoms with Gasteiger partial charge in [0.2, 0.25) is 0 Å². The predicted octanol–water partition coefficient (Wildman–Crippen LogP) is 3.12. The molecule has 1 heterocycles. The molecular weight excluding hydrogens is 210 g/mol. The lowest BCUT2D eigenvalue weighted by atomic mass is 9.77. The van der Waals surface area contributed by atoms with E-state index in [0.717, 1.165) is 18.3 Å². The van der Waals surface area contributed by atoms with Crippen molar-refractivity contribution in [2.75, 3.05) is 0 Å². The molecule has 0 spiro atoms. The summed E-state index contributed by atoms with van der Waals surface area (Å²) in [5, 5.41) is 0. The standard InChI is InChI=1S/C14H25N3/c1-3-11-6-5-7-12(10-11)13(15)14-16-8-9-17(14)4-2/h8-9,11-13H,3-7,10,15H2,1-2H3. The van der Waals surface area contributed by atoms with Crippen molar-refractivity contribution in [1.82, 2.24) is 9.55 Å². The molecule has 0 saturated heterocycles. The summed E-state index contributed by atoms with van der Waals surface area (Å²) in [6, 6.07) is 0.124. The summed E-state index contributed by atoms with van der Waals surface area (Å²) in [7, 11) is 0. The van der Waals surface area contributed by atoms with E-state index in [-0.39, 0.29) is 6.04 Å². The Bertz CT molecular complexity index is 345. The average Bonchev–Trinajstić information content (AvgIpc) is 2.86. The molecule has 0 bridgehead atoms. The maximum Gasteiger partial charge on any atom is 0.125 e. The molecule has 1 aromatic heterocycles. The van der Waals surface area contributed by atoms with Crippen molar-refractivity contribution in [3.8, 4) is 0 Å². The molecule has 17 heavy (non-hydrogen) atoms. The molecule has 3 heteroatoms. The van der Waals surface area contributed by atoms with Crippen LogP contribution >= 0.6 is 0 Å². The van der Waals surface area contributed by atoms with E-state index in [9.17, 15) is 0 Å². The summed E-state index contributed by atoms with van der Waals surface area (Å²) in [4.78, 5) is 4.45. The van der Waals surface area contributed by atoms with Gasteiger partial charge < -0.3 is 10.3 Å². The molecule has 1 aliphatic rings. The largest absolute Gasteiger partial charge is 0.334 e. The van der Waals surface area contributed by atoms with Crippen LogP contribution in [0.4, 0.5) is 0 Å². The molecular formula is C14H25N3. The minimum absolute atomic E-state index is 0.124. The highest BCUT2D eigenvalue weighted by molar-refractivity contribution is 5.01. The fourth-order valence-corrected chi connectivity index (χ4v) is 3.13. The normalized spacial score (nSPS) is 27.0. The van der Waals surface area contributed by atoms with Crippen LogP contribution in [0.25, 0.3) is 0 Å². The van der Waals surface area contributed by atoms with Crippen molar-refractivity contribution >= 4 is 0 Å². The first kappa shape index (κ1) is 12.6. The summed E-state index contributed by atoms with van der Waals surface area (Å²) >= 11 is 0. The number of hydrogen-bond donors (Lipinski definition) is 1. The summed E-state index contributed by atoms with van der Waals surface area (Å²) in [6.45, 7) is 5.41. The number of nitrogens with zero attached hydrogens (tertiary/aromatic N) is 2. The molecule has 0 aromatic carbocycles. The second kappa shape index (κ2) is 5.67. The van der Waals surface area contributed by atoms with Gasteiger partial charge in [-0.25, -0.2) is 4.98 Å². The maximum absolute atomic E-state index is 6.42. The lowest BCUT2D eigenvalue weighted by molar-refractivity contribution is 0.224. The second-order valence-electron chi connectivity index (χ2n) is 5.30. The lowest BCUT2D eigenvalue weighted by Crippen LogP contribution is -2.29. The average molecular weight is 235 g/mol. The lowest BCUT2D eigenvalue weighted by Gasteiger charge is -2.32. The van der Waals surface area contributed by atoms with E-state index in [2.05, 4.69) is 23.4 Å². The first-order valence-corrected chi connectivity index (χ1v) is 7.02. The van der Waals surface area contributed by atoms with Crippen molar-refractivity contribution in [3.05, 3.63) is 18.2 Å². The van der Waals surface area contributed by atoms with Crippen LogP contribution in [0.1, 0.15) is 57.8 Å². The van der Waals surface area contributed by atoms with Gasteiger partial charge in [0.25, 0.3) is 0 Å². The molecule has 2 N–H and O–H groups in total. The van der Waals surface area contributed by atoms with E-state index in [0.29, 0.717) is 5.92 Å². The van der Waals surface area contributed by atoms with Crippen LogP contribution in [-0.4, -0.2) is 9.55 Å². The third-order valence-electron chi connectivity index (χ3n) is 4.30. The first-order valence-electron chi connectivity index (χ1n) is 7.02. The molecule has 3 unspecified atom stereocenters. The number of imidazole rings is 1. The Kier molecular flexibility index (Phi) is 4.21. The monoisotopic (exact) mass is 235 g/mol. The van der Waals surface area contributed by atoms with Gasteiger partial charge in [0.1, 0.15) is 5.82 Å². The second-order valence-corrected chi connectivity index (χ2v) is 5.30. The molecule has 0 aliphatic heterocycles. The molecule has 1 aromatic rings. The zero-order valence-corrected chi connectivity index (χ0v) is 11.1. The SMILES string of the molecule is CCC1CCCC(C(N)c2nccn2CC)C1. The van der Waals surface area contributed by atoms with Gasteiger partial charge in [-0.3, -0.25) is 0 Å². The zero-order chi connectivity index (χ0) is 12.3. The summed E-state index contributed by atoms with van der Waals surface area (Å²) in [5.74, 6) is 2.58. The highest BCUT2D eigenvalue weighted by Gasteiger charge is 2.28. The Morgan fingerprint density at radius 2 is 2.29 bits per heavy atom. The predicted molar refractivity (Wildman–Crippen MR) is 70.6 cm³/mol. The molecule has 0 radical (unpaired) electrons. The quantitative estimate of drug-likeness (QED) is 0.871. The molecule has 1 saturated carbocycles. The minimum atomic E-state index is 0.124. The van der Waals surface area contributed by atoms with Crippen LogP contribution in [0.5, 0.6) is 0 Å². The van der Waals surface area contributed by atoms with Gasteiger partial charge in [0.05, 0.1) is 6.04 Å². The first-order chi connectivity index (χ1) is 8.26. The minimum Gasteiger partial charge on any atom is -0.334 e. The van der Waals surface area contributed by atoms with E-state index in [1.165, 1.54) is 32.1 Å². The third kappa shape index (κ3) is 2.71. The van der Waals surface area contributed by atoms with Gasteiger partial charge in [-0.15, -0.1) is 0 Å². The van der Waals surface area contributed by atoms with Crippen molar-refractivity contribution in [3.63, 3.8) is 0 Å². The smallest absolute Gasteiger partial charge is 0.125 e. The molecule has 2 rings (SSSR count). The number of aryl methyl sites for hydroxylation is 1. The van der Waals surface area contributed by atoms with Crippen molar-refractivity contribution in [1.29, 1.82) is 0 Å². The number of hydrogen-bond acceptors (Lipinski definition) is 2. The van der Waals surface area contributed by atoms with Gasteiger partial charge in [-0.1, -0.05) is 26.2 Å². The molecule has 0 amide bonds. The van der Waals surface area contributed by atoms with Gasteiger partial charge >= 0.3 is 0 Å². The summed E-state index contributed by atoms with van der Waals surface area (Å²) < 4.78 is 2.18. The van der Waals surface area contributed by atoms with Crippen molar-refractivity contribution in [2.45, 2.75) is 58.5 Å². The van der Waals surface area contributed by atoms with E-state index < -0.39 is 0 Å². The fraction of sp³-hybridized carbons (Fsp3) is 0.786. The van der Waals surface area contributed by atoms with Crippen LogP contribution < -0.4 is 5.73 Å². The van der Waals surface area contributed by atoms with E-state index in [1.54, 1.807) is 0 Å². The third-order valence-corrected chi connectivity index (χ3v) is 4.30. The Balaban J connectivity index is 2.06. The van der Waals surface area contributed by atoms with Crippen LogP contribution in [0.15, 0.2) is 12.4 Å². The van der Waals surface area contributed by atoms with Gasteiger partial charge in [0.15, 0.2) is 0 Å². The number of aromatic nitrogens is 2. The maximum atomic E-state index is 6.42. The molecule has 1 fully saturated rings. The number of rotatable bonds is 4. The Morgan fingerprint density at radius 1 is 1.47 bits per heavy atom. The molecule has 1 aliphatic carbocycles. The van der Waals surface area contributed by atoms with Crippen LogP contribution in [0.3, 0.4) is 0 Å². The highest BCUT2D eigenvalue weighted by Crippen LogP contribution is 2.36. The molecule has 3 atom stereocenters. The topological polar surface area (TPSA) is 43.8 Å². The van der Waals surface area contributed by atoms with Crippen LogP contribution in [-0.2, 0) is 6.54 Å². The van der Waals surface area contributed by atoms with Gasteiger partial charge in [-0.2, -0.15) is 0 Å². The van der Waals surface area contributed by atoms with Crippen molar-refractivity contribution < 1.29 is 0 Å². The Morgan fingerprint density at radius 3 is 3.00 bits per heavy atom. The molecule has 96 valence electrons. The van der Waals surface area contributed by atoms with Crippen molar-refractivity contribution in [2.24, 2.45) is 17.6 Å². The summed E-state index contributed by atoms with van der Waals surface area (Å²) in [6.07, 6.45) is 10.5. The van der Waals surface area contributed by atoms with Crippen LogP contribution in [0, 0.1) is 11.8 Å². The Labute approximate surface area is 104 Å². The Hall–Kier alpha value is -0.830. The number of nitrogens with two attached hydrogens (primary N) is 1. The highest BCUT2D eigenvalue weighted by atomic mass is 15.1. The van der Waals surface area contributed by atoms with Crippen LogP contribution in [0.2, 0.25) is 0 Å². The van der Waals surface area contributed by atoms with E-state index in [1.807, 2.05) is 12.4 Å². The summed E-state index contributed by atoms with van der Waals surface area (Å²) in [5.41, 5.74) is 6.42. The van der Waals surface area contributed by atoms with Gasteiger partial charge in [0, 0.05) is 18.9 Å². The fourth-order valence-electron chi connectivity index (χ4n) is 3.13. The van der Waals surface area contributed by atoms with Gasteiger partial charge in [-0.05, 0) is 31.6 Å². The molecule has 3 nitrogen and oxygen atoms in total. The van der Waals surface area contributed by atoms with E-state index >= 15 is 0 Å².